The fourth-order valence-corrected chi connectivity index (χ4v) is 1.38. The molecule has 0 heterocycles. The van der Waals surface area contributed by atoms with Crippen molar-refractivity contribution in [3.63, 3.8) is 0 Å². The highest BCUT2D eigenvalue weighted by Crippen LogP contribution is 2.27. The topological polar surface area (TPSA) is 33.1 Å². The second-order valence-corrected chi connectivity index (χ2v) is 5.70. The van der Waals surface area contributed by atoms with Crippen molar-refractivity contribution in [2.24, 2.45) is 0 Å². The monoisotopic (exact) mass is 279 g/mol. The van der Waals surface area contributed by atoms with E-state index in [0.29, 0.717) is 13.0 Å². The summed E-state index contributed by atoms with van der Waals surface area (Å²) in [4.78, 5) is 0. The summed E-state index contributed by atoms with van der Waals surface area (Å²) in [6.07, 6.45) is 0.685. The van der Waals surface area contributed by atoms with Crippen LogP contribution in [0.25, 0.3) is 0 Å². The quantitative estimate of drug-likeness (QED) is 0.508. The van der Waals surface area contributed by atoms with Crippen molar-refractivity contribution in [3.05, 3.63) is 35.4 Å². The van der Waals surface area contributed by atoms with Crippen LogP contribution in [0, 0.1) is 12.3 Å². The predicted octanol–water partition coefficient (Wildman–Crippen LogP) is 3.90. The molecule has 0 amide bonds. The van der Waals surface area contributed by atoms with Gasteiger partial charge >= 0.3 is 0 Å². The molecule has 88 valence electrons. The molecule has 0 aliphatic heterocycles. The highest BCUT2D eigenvalue weighted by molar-refractivity contribution is 6.76. The normalized spacial score (nSPS) is 11.2. The Kier molecular flexibility index (Phi) is 4.90. The lowest BCUT2D eigenvalue weighted by Gasteiger charge is -2.13. The van der Waals surface area contributed by atoms with Gasteiger partial charge in [-0.3, -0.25) is 5.41 Å². The van der Waals surface area contributed by atoms with E-state index in [4.69, 9.17) is 44.9 Å². The number of ether oxygens (including phenoxy) is 1. The SMILES string of the molecule is Cc1cccc(CCOC(=N)C(Cl)(Cl)Cl)c1. The first-order chi connectivity index (χ1) is 7.39. The highest BCUT2D eigenvalue weighted by atomic mass is 35.6. The smallest absolute Gasteiger partial charge is 0.265 e. The Labute approximate surface area is 110 Å². The third kappa shape index (κ3) is 4.60. The number of benzene rings is 1. The standard InChI is InChI=1S/C11H12Cl3NO/c1-8-3-2-4-9(7-8)5-6-16-10(15)11(12,13)14/h2-4,7,15H,5-6H2,1H3. The molecule has 0 aromatic heterocycles. The Morgan fingerprint density at radius 3 is 2.62 bits per heavy atom. The van der Waals surface area contributed by atoms with Crippen LogP contribution in [0.1, 0.15) is 11.1 Å². The van der Waals surface area contributed by atoms with E-state index in [2.05, 4.69) is 6.07 Å². The molecule has 0 aliphatic carbocycles. The molecule has 0 unspecified atom stereocenters. The molecule has 1 rings (SSSR count). The Morgan fingerprint density at radius 1 is 1.38 bits per heavy atom. The van der Waals surface area contributed by atoms with E-state index in [9.17, 15) is 0 Å². The van der Waals surface area contributed by atoms with Crippen molar-refractivity contribution >= 4 is 40.7 Å². The largest absolute Gasteiger partial charge is 0.478 e. The summed E-state index contributed by atoms with van der Waals surface area (Å²) in [6.45, 7) is 2.35. The van der Waals surface area contributed by atoms with Gasteiger partial charge < -0.3 is 4.74 Å². The summed E-state index contributed by atoms with van der Waals surface area (Å²) in [7, 11) is 0. The van der Waals surface area contributed by atoms with Gasteiger partial charge in [-0.25, -0.2) is 0 Å². The van der Waals surface area contributed by atoms with Gasteiger partial charge in [0.05, 0.1) is 6.61 Å². The van der Waals surface area contributed by atoms with Crippen LogP contribution in [-0.2, 0) is 11.2 Å². The third-order valence-electron chi connectivity index (χ3n) is 1.98. The average Bonchev–Trinajstić information content (AvgIpc) is 2.16. The number of rotatable bonds is 3. The molecular weight excluding hydrogens is 268 g/mol. The number of alkyl halides is 3. The molecule has 5 heteroatoms. The van der Waals surface area contributed by atoms with Gasteiger partial charge in [-0.2, -0.15) is 0 Å². The van der Waals surface area contributed by atoms with Gasteiger partial charge in [0, 0.05) is 6.42 Å². The van der Waals surface area contributed by atoms with E-state index in [0.717, 1.165) is 5.56 Å². The minimum Gasteiger partial charge on any atom is -0.478 e. The zero-order chi connectivity index (χ0) is 12.2. The summed E-state index contributed by atoms with van der Waals surface area (Å²) in [5.74, 6) is -0.342. The number of hydrogen-bond donors (Lipinski definition) is 1. The summed E-state index contributed by atoms with van der Waals surface area (Å²) in [6, 6.07) is 8.05. The van der Waals surface area contributed by atoms with Crippen LogP contribution in [-0.4, -0.2) is 16.3 Å². The van der Waals surface area contributed by atoms with Crippen LogP contribution in [0.5, 0.6) is 0 Å². The first-order valence-electron chi connectivity index (χ1n) is 4.73. The van der Waals surface area contributed by atoms with Gasteiger partial charge in [-0.05, 0) is 12.5 Å². The van der Waals surface area contributed by atoms with Gasteiger partial charge in [0.25, 0.3) is 3.79 Å². The fourth-order valence-electron chi connectivity index (χ4n) is 1.22. The first-order valence-corrected chi connectivity index (χ1v) is 5.87. The molecule has 1 aromatic rings. The number of hydrogen-bond acceptors (Lipinski definition) is 2. The molecule has 16 heavy (non-hydrogen) atoms. The fraction of sp³-hybridized carbons (Fsp3) is 0.364. The average molecular weight is 281 g/mol. The number of halogens is 3. The molecule has 1 aromatic carbocycles. The number of aryl methyl sites for hydroxylation is 1. The van der Waals surface area contributed by atoms with Crippen molar-refractivity contribution in [2.75, 3.05) is 6.61 Å². The van der Waals surface area contributed by atoms with Crippen LogP contribution >= 0.6 is 34.8 Å². The Bertz CT molecular complexity index is 374. The van der Waals surface area contributed by atoms with E-state index < -0.39 is 3.79 Å². The first kappa shape index (κ1) is 13.6. The van der Waals surface area contributed by atoms with Crippen LogP contribution in [0.2, 0.25) is 0 Å². The maximum absolute atomic E-state index is 7.33. The van der Waals surface area contributed by atoms with E-state index in [1.54, 1.807) is 0 Å². The van der Waals surface area contributed by atoms with Crippen LogP contribution in [0.15, 0.2) is 24.3 Å². The van der Waals surface area contributed by atoms with E-state index in [1.807, 2.05) is 25.1 Å². The molecule has 0 aliphatic rings. The lowest BCUT2D eigenvalue weighted by molar-refractivity contribution is 0.300. The third-order valence-corrected chi connectivity index (χ3v) is 2.49. The van der Waals surface area contributed by atoms with Gasteiger partial charge in [0.1, 0.15) is 0 Å². The van der Waals surface area contributed by atoms with Crippen molar-refractivity contribution in [1.29, 1.82) is 5.41 Å². The molecule has 2 nitrogen and oxygen atoms in total. The maximum atomic E-state index is 7.33. The Balaban J connectivity index is 2.39. The molecule has 0 atom stereocenters. The van der Waals surface area contributed by atoms with Crippen LogP contribution in [0.4, 0.5) is 0 Å². The van der Waals surface area contributed by atoms with Crippen molar-refractivity contribution < 1.29 is 4.74 Å². The highest BCUT2D eigenvalue weighted by Gasteiger charge is 2.28. The van der Waals surface area contributed by atoms with Crippen molar-refractivity contribution in [1.82, 2.24) is 0 Å². The second-order valence-electron chi connectivity index (χ2n) is 3.41. The van der Waals surface area contributed by atoms with E-state index >= 15 is 0 Å². The van der Waals surface area contributed by atoms with Crippen LogP contribution < -0.4 is 0 Å². The molecule has 0 bridgehead atoms. The summed E-state index contributed by atoms with van der Waals surface area (Å²) >= 11 is 16.4. The van der Waals surface area contributed by atoms with Crippen LogP contribution in [0.3, 0.4) is 0 Å². The van der Waals surface area contributed by atoms with Gasteiger partial charge in [0.15, 0.2) is 0 Å². The molecule has 0 saturated heterocycles. The zero-order valence-corrected chi connectivity index (χ0v) is 11.0. The Hall–Kier alpha value is -0.440. The summed E-state index contributed by atoms with van der Waals surface area (Å²) in [5, 5.41) is 7.33. The van der Waals surface area contributed by atoms with E-state index in [1.165, 1.54) is 5.56 Å². The second kappa shape index (κ2) is 5.76. The molecule has 1 N–H and O–H groups in total. The van der Waals surface area contributed by atoms with Crippen molar-refractivity contribution in [2.45, 2.75) is 17.1 Å². The van der Waals surface area contributed by atoms with E-state index in [-0.39, 0.29) is 5.90 Å². The van der Waals surface area contributed by atoms with Gasteiger partial charge in [-0.15, -0.1) is 0 Å². The maximum Gasteiger partial charge on any atom is 0.265 e. The zero-order valence-electron chi connectivity index (χ0n) is 8.77. The lowest BCUT2D eigenvalue weighted by atomic mass is 10.1. The van der Waals surface area contributed by atoms with Crippen molar-refractivity contribution in [3.8, 4) is 0 Å². The molecule has 0 spiro atoms. The summed E-state index contributed by atoms with van der Waals surface area (Å²) in [5.41, 5.74) is 2.33. The lowest BCUT2D eigenvalue weighted by Crippen LogP contribution is -2.22. The molecule has 0 radical (unpaired) electrons. The number of nitrogens with one attached hydrogen (secondary N) is 1. The molecular formula is C11H12Cl3NO. The minimum atomic E-state index is -1.77. The van der Waals surface area contributed by atoms with Gasteiger partial charge in [0.2, 0.25) is 5.90 Å². The Morgan fingerprint density at radius 2 is 2.06 bits per heavy atom. The molecule has 0 saturated carbocycles. The summed E-state index contributed by atoms with van der Waals surface area (Å²) < 4.78 is 3.27. The molecule has 0 fully saturated rings. The van der Waals surface area contributed by atoms with Gasteiger partial charge in [-0.1, -0.05) is 64.6 Å². The predicted molar refractivity (Wildman–Crippen MR) is 68.9 cm³/mol. The minimum absolute atomic E-state index is 0.330.